The second-order valence-corrected chi connectivity index (χ2v) is 2.74. The third kappa shape index (κ3) is 17.9. The standard InChI is InChI=1S/C5H14NO.CH4.ClH/c1-6(2,3)4-5-7;;/h7H,4-5H2,1-3H3;1H4;1H/q+1;;/p-1. The third-order valence-corrected chi connectivity index (χ3v) is 0.771. The number of halogens is 1. The molecule has 0 fully saturated rings. The first kappa shape index (κ1) is 16.1. The van der Waals surface area contributed by atoms with E-state index in [-0.39, 0.29) is 26.4 Å². The summed E-state index contributed by atoms with van der Waals surface area (Å²) < 4.78 is 0.844. The summed E-state index contributed by atoms with van der Waals surface area (Å²) in [5.41, 5.74) is 0. The number of hydrogen-bond acceptors (Lipinski definition) is 1. The summed E-state index contributed by atoms with van der Waals surface area (Å²) in [4.78, 5) is 0. The maximum atomic E-state index is 8.39. The molecule has 3 heteroatoms. The lowest BCUT2D eigenvalue weighted by Crippen LogP contribution is -3.00. The molecule has 0 rings (SSSR count). The molecule has 0 aliphatic carbocycles. The highest BCUT2D eigenvalue weighted by Gasteiger charge is 2.02. The van der Waals surface area contributed by atoms with Gasteiger partial charge in [0.1, 0.15) is 6.54 Å². The highest BCUT2D eigenvalue weighted by molar-refractivity contribution is 4.19. The average molecular weight is 156 g/mol. The second kappa shape index (κ2) is 6.33. The molecule has 2 nitrogen and oxygen atoms in total. The van der Waals surface area contributed by atoms with Gasteiger partial charge in [0.05, 0.1) is 27.7 Å². The van der Waals surface area contributed by atoms with Crippen LogP contribution in [0.25, 0.3) is 0 Å². The lowest BCUT2D eigenvalue weighted by Gasteiger charge is -2.21. The second-order valence-electron chi connectivity index (χ2n) is 2.74. The van der Waals surface area contributed by atoms with Gasteiger partial charge in [-0.05, 0) is 0 Å². The van der Waals surface area contributed by atoms with Crippen LogP contribution in [-0.4, -0.2) is 43.9 Å². The van der Waals surface area contributed by atoms with E-state index in [1.165, 1.54) is 0 Å². The van der Waals surface area contributed by atoms with Crippen molar-refractivity contribution in [3.05, 3.63) is 0 Å². The zero-order valence-corrected chi connectivity index (χ0v) is 6.44. The van der Waals surface area contributed by atoms with E-state index in [2.05, 4.69) is 21.1 Å². The number of aliphatic hydroxyl groups is 1. The lowest BCUT2D eigenvalue weighted by molar-refractivity contribution is -0.870. The Morgan fingerprint density at radius 1 is 1.22 bits per heavy atom. The summed E-state index contributed by atoms with van der Waals surface area (Å²) in [5, 5.41) is 8.39. The molecule has 0 aliphatic heterocycles. The fourth-order valence-electron chi connectivity index (χ4n) is 0.300. The van der Waals surface area contributed by atoms with Crippen molar-refractivity contribution in [2.45, 2.75) is 7.43 Å². The number of quaternary nitrogens is 1. The molecule has 0 heterocycles. The molecule has 0 aliphatic rings. The first-order valence-corrected chi connectivity index (χ1v) is 2.47. The lowest BCUT2D eigenvalue weighted by atomic mass is 10.5. The monoisotopic (exact) mass is 155 g/mol. The van der Waals surface area contributed by atoms with Crippen molar-refractivity contribution in [3.63, 3.8) is 0 Å². The van der Waals surface area contributed by atoms with Crippen LogP contribution in [0.3, 0.4) is 0 Å². The van der Waals surface area contributed by atoms with Crippen LogP contribution in [-0.2, 0) is 0 Å². The number of aliphatic hydroxyl groups excluding tert-OH is 1. The Balaban J connectivity index is -0.000000180. The molecule has 60 valence electrons. The molecule has 0 atom stereocenters. The molecule has 0 amide bonds. The van der Waals surface area contributed by atoms with Crippen LogP contribution >= 0.6 is 0 Å². The Hall–Kier alpha value is 0.210. The minimum atomic E-state index is 0. The molecule has 9 heavy (non-hydrogen) atoms. The van der Waals surface area contributed by atoms with Crippen molar-refractivity contribution in [1.29, 1.82) is 0 Å². The van der Waals surface area contributed by atoms with E-state index in [9.17, 15) is 0 Å². The van der Waals surface area contributed by atoms with Crippen molar-refractivity contribution in [1.82, 2.24) is 0 Å². The normalized spacial score (nSPS) is 9.33. The van der Waals surface area contributed by atoms with E-state index in [0.29, 0.717) is 0 Å². The first-order valence-electron chi connectivity index (χ1n) is 2.47. The van der Waals surface area contributed by atoms with Crippen molar-refractivity contribution in [2.24, 2.45) is 0 Å². The smallest absolute Gasteiger partial charge is 0.101 e. The van der Waals surface area contributed by atoms with E-state index in [1.54, 1.807) is 0 Å². The topological polar surface area (TPSA) is 20.2 Å². The molecule has 0 saturated carbocycles. The summed E-state index contributed by atoms with van der Waals surface area (Å²) in [6.07, 6.45) is 0. The zero-order chi connectivity index (χ0) is 5.91. The average Bonchev–Trinajstić information content (AvgIpc) is 1.30. The Bertz CT molecular complexity index is 51.5. The minimum Gasteiger partial charge on any atom is -1.00 e. The van der Waals surface area contributed by atoms with Crippen LogP contribution in [0.5, 0.6) is 0 Å². The maximum Gasteiger partial charge on any atom is 0.101 e. The molecule has 0 spiro atoms. The maximum absolute atomic E-state index is 8.39. The Kier molecular flexibility index (Phi) is 11.3. The first-order chi connectivity index (χ1) is 3.06. The van der Waals surface area contributed by atoms with E-state index in [4.69, 9.17) is 5.11 Å². The van der Waals surface area contributed by atoms with Gasteiger partial charge >= 0.3 is 0 Å². The molecular formula is C6H18ClNO. The minimum absolute atomic E-state index is 0. The Morgan fingerprint density at radius 2 is 1.56 bits per heavy atom. The van der Waals surface area contributed by atoms with Crippen LogP contribution in [0.15, 0.2) is 0 Å². The van der Waals surface area contributed by atoms with Crippen LogP contribution in [0, 0.1) is 0 Å². The van der Waals surface area contributed by atoms with Gasteiger partial charge in [-0.2, -0.15) is 0 Å². The van der Waals surface area contributed by atoms with Gasteiger partial charge in [0, 0.05) is 0 Å². The summed E-state index contributed by atoms with van der Waals surface area (Å²) >= 11 is 0. The predicted molar refractivity (Wildman–Crippen MR) is 36.7 cm³/mol. The summed E-state index contributed by atoms with van der Waals surface area (Å²) in [7, 11) is 6.16. The number of hydrogen-bond donors (Lipinski definition) is 1. The van der Waals surface area contributed by atoms with Crippen molar-refractivity contribution in [2.75, 3.05) is 34.3 Å². The highest BCUT2D eigenvalue weighted by atomic mass is 35.5. The van der Waals surface area contributed by atoms with E-state index >= 15 is 0 Å². The van der Waals surface area contributed by atoms with Crippen LogP contribution in [0.2, 0.25) is 0 Å². The fourth-order valence-corrected chi connectivity index (χ4v) is 0.300. The largest absolute Gasteiger partial charge is 1.00 e. The van der Waals surface area contributed by atoms with Gasteiger partial charge in [0.2, 0.25) is 0 Å². The molecular weight excluding hydrogens is 138 g/mol. The van der Waals surface area contributed by atoms with Gasteiger partial charge in [-0.25, -0.2) is 0 Å². The summed E-state index contributed by atoms with van der Waals surface area (Å²) in [6, 6.07) is 0. The summed E-state index contributed by atoms with van der Waals surface area (Å²) in [6.45, 7) is 1.11. The van der Waals surface area contributed by atoms with Gasteiger partial charge in [-0.1, -0.05) is 7.43 Å². The molecule has 0 aromatic carbocycles. The van der Waals surface area contributed by atoms with Gasteiger partial charge in [-0.15, -0.1) is 0 Å². The van der Waals surface area contributed by atoms with E-state index in [0.717, 1.165) is 11.0 Å². The molecule has 1 N–H and O–H groups in total. The Morgan fingerprint density at radius 3 is 1.56 bits per heavy atom. The van der Waals surface area contributed by atoms with Crippen molar-refractivity contribution in [3.8, 4) is 0 Å². The third-order valence-electron chi connectivity index (χ3n) is 0.771. The zero-order valence-electron chi connectivity index (χ0n) is 5.69. The van der Waals surface area contributed by atoms with E-state index < -0.39 is 0 Å². The predicted octanol–water partition coefficient (Wildman–Crippen LogP) is -2.67. The van der Waals surface area contributed by atoms with Gasteiger partial charge in [0.25, 0.3) is 0 Å². The quantitative estimate of drug-likeness (QED) is 0.432. The fraction of sp³-hybridized carbons (Fsp3) is 1.00. The number of rotatable bonds is 2. The van der Waals surface area contributed by atoms with Crippen molar-refractivity contribution >= 4 is 0 Å². The highest BCUT2D eigenvalue weighted by Crippen LogP contribution is 1.84. The van der Waals surface area contributed by atoms with Gasteiger partial charge in [0.15, 0.2) is 0 Å². The molecule has 0 aromatic rings. The molecule has 0 saturated heterocycles. The van der Waals surface area contributed by atoms with Crippen LogP contribution < -0.4 is 12.4 Å². The Labute approximate surface area is 64.5 Å². The molecule has 0 unspecified atom stereocenters. The molecule has 0 bridgehead atoms. The van der Waals surface area contributed by atoms with Crippen LogP contribution in [0.4, 0.5) is 0 Å². The molecule has 0 radical (unpaired) electrons. The number of nitrogens with zero attached hydrogens (tertiary/aromatic N) is 1. The molecule has 0 aromatic heterocycles. The van der Waals surface area contributed by atoms with Gasteiger partial charge < -0.3 is 22.0 Å². The number of likely N-dealkylation sites (N-methyl/N-ethyl adjacent to an activating group) is 1. The van der Waals surface area contributed by atoms with Crippen molar-refractivity contribution < 1.29 is 22.0 Å². The SMILES string of the molecule is C.C[N+](C)(C)CCO.[Cl-]. The van der Waals surface area contributed by atoms with E-state index in [1.807, 2.05) is 0 Å². The van der Waals surface area contributed by atoms with Crippen LogP contribution in [0.1, 0.15) is 7.43 Å². The summed E-state index contributed by atoms with van der Waals surface area (Å²) in [5.74, 6) is 0. The van der Waals surface area contributed by atoms with Gasteiger partial charge in [-0.3, -0.25) is 0 Å².